The number of ether oxygens (including phenoxy) is 1. The number of rotatable bonds is 5. The molecule has 40 heavy (non-hydrogen) atoms. The van der Waals surface area contributed by atoms with Crippen LogP contribution in [-0.2, 0) is 17.3 Å². The molecule has 0 N–H and O–H groups in total. The van der Waals surface area contributed by atoms with Crippen LogP contribution in [0.2, 0.25) is 0 Å². The van der Waals surface area contributed by atoms with Crippen LogP contribution in [0.15, 0.2) is 72.9 Å². The maximum absolute atomic E-state index is 13.4. The lowest BCUT2D eigenvalue weighted by atomic mass is 9.84. The van der Waals surface area contributed by atoms with Gasteiger partial charge < -0.3 is 14.5 Å². The average molecular weight is 550 g/mol. The number of benzene rings is 2. The fourth-order valence-electron chi connectivity index (χ4n) is 5.44. The summed E-state index contributed by atoms with van der Waals surface area (Å²) in [4.78, 5) is 21.7. The molecule has 2 aliphatic heterocycles. The van der Waals surface area contributed by atoms with Crippen molar-refractivity contribution < 1.29 is 22.7 Å². The minimum Gasteiger partial charge on any atom is -0.378 e. The van der Waals surface area contributed by atoms with E-state index >= 15 is 0 Å². The average Bonchev–Trinajstić information content (AvgIpc) is 3.00. The molecule has 2 aromatic carbocycles. The Morgan fingerprint density at radius 1 is 1.00 bits per heavy atom. The van der Waals surface area contributed by atoms with Crippen molar-refractivity contribution in [1.82, 2.24) is 14.8 Å². The first-order chi connectivity index (χ1) is 19.3. The second-order valence-corrected chi connectivity index (χ2v) is 10.5. The number of halogens is 3. The van der Waals surface area contributed by atoms with Crippen molar-refractivity contribution in [3.8, 4) is 11.1 Å². The Bertz CT molecular complexity index is 1320. The van der Waals surface area contributed by atoms with Gasteiger partial charge in [0.05, 0.1) is 24.5 Å². The number of amides is 2. The number of hydrogen-bond acceptors (Lipinski definition) is 3. The Balaban J connectivity index is 1.32. The molecule has 0 bridgehead atoms. The normalized spacial score (nSPS) is 20.2. The summed E-state index contributed by atoms with van der Waals surface area (Å²) in [5, 5.41) is 0. The SMILES string of the molecule is CCc1ccc(C2CC(/C=C/c3ccc(-c4cccc(C(F)(F)F)c4)cn3)CN(C(=O)N3CCOCC3)C2)cc1. The molecule has 5 rings (SSSR count). The van der Waals surface area contributed by atoms with Crippen LogP contribution in [0.25, 0.3) is 17.2 Å². The molecule has 0 aliphatic carbocycles. The molecular formula is C32H34F3N3O2. The maximum Gasteiger partial charge on any atom is 0.416 e. The Kier molecular flexibility index (Phi) is 8.54. The Morgan fingerprint density at radius 2 is 1.77 bits per heavy atom. The quantitative estimate of drug-likeness (QED) is 0.348. The van der Waals surface area contributed by atoms with E-state index < -0.39 is 11.7 Å². The third-order valence-electron chi connectivity index (χ3n) is 7.74. The zero-order chi connectivity index (χ0) is 28.1. The summed E-state index contributed by atoms with van der Waals surface area (Å²) in [6, 6.07) is 17.6. The lowest BCUT2D eigenvalue weighted by Crippen LogP contribution is -2.52. The first kappa shape index (κ1) is 27.9. The molecule has 3 aromatic rings. The van der Waals surface area contributed by atoms with Gasteiger partial charge in [-0.25, -0.2) is 4.79 Å². The first-order valence-electron chi connectivity index (χ1n) is 13.8. The van der Waals surface area contributed by atoms with E-state index in [0.717, 1.165) is 30.7 Å². The largest absolute Gasteiger partial charge is 0.416 e. The molecule has 0 spiro atoms. The number of aromatic nitrogens is 1. The minimum absolute atomic E-state index is 0.0557. The number of morpholine rings is 1. The number of carbonyl (C=O) groups excluding carboxylic acids is 1. The van der Waals surface area contributed by atoms with Crippen LogP contribution in [0.3, 0.4) is 0 Å². The monoisotopic (exact) mass is 549 g/mol. The molecule has 3 heterocycles. The molecule has 2 unspecified atom stereocenters. The van der Waals surface area contributed by atoms with E-state index in [4.69, 9.17) is 4.74 Å². The van der Waals surface area contributed by atoms with Crippen LogP contribution in [0.5, 0.6) is 0 Å². The molecule has 8 heteroatoms. The maximum atomic E-state index is 13.4. The highest BCUT2D eigenvalue weighted by atomic mass is 19.4. The number of nitrogens with zero attached hydrogens (tertiary/aromatic N) is 3. The van der Waals surface area contributed by atoms with Crippen molar-refractivity contribution in [2.24, 2.45) is 5.92 Å². The van der Waals surface area contributed by atoms with Crippen molar-refractivity contribution in [1.29, 1.82) is 0 Å². The smallest absolute Gasteiger partial charge is 0.378 e. The van der Waals surface area contributed by atoms with Crippen molar-refractivity contribution in [3.63, 3.8) is 0 Å². The Morgan fingerprint density at radius 3 is 2.45 bits per heavy atom. The van der Waals surface area contributed by atoms with Crippen LogP contribution in [0.1, 0.15) is 41.6 Å². The van der Waals surface area contributed by atoms with E-state index in [0.29, 0.717) is 50.5 Å². The molecule has 2 atom stereocenters. The predicted molar refractivity (Wildman–Crippen MR) is 150 cm³/mol. The Labute approximate surface area is 233 Å². The second-order valence-electron chi connectivity index (χ2n) is 10.5. The van der Waals surface area contributed by atoms with E-state index in [-0.39, 0.29) is 17.9 Å². The van der Waals surface area contributed by atoms with Gasteiger partial charge in [-0.2, -0.15) is 13.2 Å². The molecule has 2 amide bonds. The highest BCUT2D eigenvalue weighted by Crippen LogP contribution is 2.34. The molecule has 1 aromatic heterocycles. The molecule has 2 saturated heterocycles. The van der Waals surface area contributed by atoms with Gasteiger partial charge in [0.2, 0.25) is 0 Å². The zero-order valence-corrected chi connectivity index (χ0v) is 22.6. The number of hydrogen-bond donors (Lipinski definition) is 0. The number of pyridine rings is 1. The van der Waals surface area contributed by atoms with Crippen molar-refractivity contribution in [2.75, 3.05) is 39.4 Å². The summed E-state index contributed by atoms with van der Waals surface area (Å²) in [6.07, 6.45) is 3.16. The van der Waals surface area contributed by atoms with E-state index in [9.17, 15) is 18.0 Å². The molecule has 5 nitrogen and oxygen atoms in total. The fraction of sp³-hybridized carbons (Fsp3) is 0.375. The summed E-state index contributed by atoms with van der Waals surface area (Å²) >= 11 is 0. The third kappa shape index (κ3) is 6.73. The summed E-state index contributed by atoms with van der Waals surface area (Å²) in [5.41, 5.74) is 3.66. The predicted octanol–water partition coefficient (Wildman–Crippen LogP) is 6.90. The van der Waals surface area contributed by atoms with E-state index in [1.807, 2.05) is 21.9 Å². The summed E-state index contributed by atoms with van der Waals surface area (Å²) in [5.74, 6) is 0.357. The highest BCUT2D eigenvalue weighted by molar-refractivity contribution is 5.75. The fourth-order valence-corrected chi connectivity index (χ4v) is 5.44. The third-order valence-corrected chi connectivity index (χ3v) is 7.74. The molecular weight excluding hydrogens is 515 g/mol. The number of aryl methyl sites for hydroxylation is 1. The van der Waals surface area contributed by atoms with Crippen molar-refractivity contribution >= 4 is 12.1 Å². The van der Waals surface area contributed by atoms with Crippen molar-refractivity contribution in [2.45, 2.75) is 31.9 Å². The standard InChI is InChI=1S/C32H34F3N3O2/c1-2-23-6-9-25(10-7-23)28-18-24(21-38(22-28)31(39)37-14-16-40-17-15-37)8-12-30-13-11-27(20-36-30)26-4-3-5-29(19-26)32(33,34)35/h3-13,19-20,24,28H,2,14-18,21-22H2,1H3/b12-8+. The number of urea groups is 1. The van der Waals surface area contributed by atoms with Crippen molar-refractivity contribution in [3.05, 3.63) is 95.3 Å². The van der Waals surface area contributed by atoms with E-state index in [2.05, 4.69) is 42.2 Å². The van der Waals surface area contributed by atoms with Gasteiger partial charge >= 0.3 is 12.2 Å². The number of carbonyl (C=O) groups is 1. The Hall–Kier alpha value is -3.65. The van der Waals surface area contributed by atoms with Gasteiger partial charge in [0.15, 0.2) is 0 Å². The lowest BCUT2D eigenvalue weighted by molar-refractivity contribution is -0.137. The van der Waals surface area contributed by atoms with Crippen LogP contribution < -0.4 is 0 Å². The molecule has 2 aliphatic rings. The van der Waals surface area contributed by atoms with Gasteiger partial charge in [-0.15, -0.1) is 0 Å². The van der Waals surface area contributed by atoms with Gasteiger partial charge in [0, 0.05) is 43.9 Å². The molecule has 0 radical (unpaired) electrons. The van der Waals surface area contributed by atoms with Crippen LogP contribution in [-0.4, -0.2) is 60.2 Å². The first-order valence-corrected chi connectivity index (χ1v) is 13.8. The van der Waals surface area contributed by atoms with Gasteiger partial charge in [-0.1, -0.05) is 55.5 Å². The van der Waals surface area contributed by atoms with Crippen LogP contribution in [0.4, 0.5) is 18.0 Å². The summed E-state index contributed by atoms with van der Waals surface area (Å²) < 4.78 is 44.8. The molecule has 0 saturated carbocycles. The zero-order valence-electron chi connectivity index (χ0n) is 22.6. The molecule has 210 valence electrons. The van der Waals surface area contributed by atoms with E-state index in [1.165, 1.54) is 17.2 Å². The topological polar surface area (TPSA) is 45.7 Å². The minimum atomic E-state index is -4.39. The highest BCUT2D eigenvalue weighted by Gasteiger charge is 2.33. The van der Waals surface area contributed by atoms with Gasteiger partial charge in [-0.05, 0) is 59.7 Å². The van der Waals surface area contributed by atoms with Gasteiger partial charge in [0.25, 0.3) is 0 Å². The lowest BCUT2D eigenvalue weighted by Gasteiger charge is -2.40. The number of alkyl halides is 3. The van der Waals surface area contributed by atoms with E-state index in [1.54, 1.807) is 18.3 Å². The van der Waals surface area contributed by atoms with Crippen LogP contribution in [0, 0.1) is 5.92 Å². The molecule has 2 fully saturated rings. The number of piperidine rings is 1. The number of likely N-dealkylation sites (tertiary alicyclic amines) is 1. The van der Waals surface area contributed by atoms with Gasteiger partial charge in [-0.3, -0.25) is 4.98 Å². The summed E-state index contributed by atoms with van der Waals surface area (Å²) in [7, 11) is 0. The summed E-state index contributed by atoms with van der Waals surface area (Å²) in [6.45, 7) is 5.77. The second kappa shape index (κ2) is 12.3. The van der Waals surface area contributed by atoms with Gasteiger partial charge in [0.1, 0.15) is 0 Å². The van der Waals surface area contributed by atoms with Crippen LogP contribution >= 0.6 is 0 Å².